The summed E-state index contributed by atoms with van der Waals surface area (Å²) < 4.78 is 19.4. The maximum absolute atomic E-state index is 14.4. The predicted octanol–water partition coefficient (Wildman–Crippen LogP) is 6.12. The van der Waals surface area contributed by atoms with Crippen LogP contribution in [0.15, 0.2) is 117 Å². The van der Waals surface area contributed by atoms with Crippen molar-refractivity contribution in [1.82, 2.24) is 4.57 Å². The Morgan fingerprint density at radius 2 is 1.77 bits per heavy atom. The highest BCUT2D eigenvalue weighted by atomic mass is 32.2. The number of esters is 1. The smallest absolute Gasteiger partial charge is 0.338 e. The Balaban J connectivity index is 1.55. The Bertz CT molecular complexity index is 2230. The minimum Gasteiger partial charge on any atom is -0.493 e. The maximum atomic E-state index is 14.4. The first kappa shape index (κ1) is 32.6. The second kappa shape index (κ2) is 14.6. The van der Waals surface area contributed by atoms with Crippen LogP contribution in [0.1, 0.15) is 40.8 Å². The van der Waals surface area contributed by atoms with Crippen LogP contribution in [-0.4, -0.2) is 30.5 Å². The van der Waals surface area contributed by atoms with Gasteiger partial charge in [0.1, 0.15) is 6.61 Å². The average molecular weight is 674 g/mol. The number of carbonyl (C=O) groups is 1. The van der Waals surface area contributed by atoms with E-state index >= 15 is 0 Å². The number of nitriles is 1. The molecule has 1 aromatic heterocycles. The number of thioether (sulfide) groups is 1. The summed E-state index contributed by atoms with van der Waals surface area (Å²) in [6, 6.07) is 31.4. The van der Waals surface area contributed by atoms with Crippen molar-refractivity contribution in [3.8, 4) is 17.6 Å². The highest BCUT2D eigenvalue weighted by Gasteiger charge is 2.35. The monoisotopic (exact) mass is 673 g/mol. The Morgan fingerprint density at radius 1 is 1.02 bits per heavy atom. The van der Waals surface area contributed by atoms with Crippen molar-refractivity contribution in [3.05, 3.63) is 150 Å². The van der Waals surface area contributed by atoms with E-state index in [4.69, 9.17) is 19.2 Å². The summed E-state index contributed by atoms with van der Waals surface area (Å²) in [5.41, 5.74) is 3.79. The molecule has 48 heavy (non-hydrogen) atoms. The predicted molar refractivity (Wildman–Crippen MR) is 188 cm³/mol. The molecule has 5 aromatic rings. The number of fused-ring (bicyclic) bond motifs is 1. The van der Waals surface area contributed by atoms with E-state index in [9.17, 15) is 14.9 Å². The first-order chi connectivity index (χ1) is 23.5. The molecule has 0 unspecified atom stereocenters. The summed E-state index contributed by atoms with van der Waals surface area (Å²) in [4.78, 5) is 34.6. The Kier molecular flexibility index (Phi) is 9.90. The number of hydrogen-bond acceptors (Lipinski definition) is 9. The van der Waals surface area contributed by atoms with Crippen molar-refractivity contribution in [3.63, 3.8) is 0 Å². The number of nitrogens with zero attached hydrogens (tertiary/aromatic N) is 3. The molecule has 1 aliphatic rings. The quantitative estimate of drug-likeness (QED) is 0.130. The number of benzene rings is 4. The van der Waals surface area contributed by atoms with E-state index in [2.05, 4.69) is 6.07 Å². The molecular weight excluding hydrogens is 643 g/mol. The van der Waals surface area contributed by atoms with Crippen LogP contribution in [0.2, 0.25) is 0 Å². The minimum absolute atomic E-state index is 0.127. The van der Waals surface area contributed by atoms with Gasteiger partial charge >= 0.3 is 5.97 Å². The zero-order valence-corrected chi connectivity index (χ0v) is 28.1. The zero-order valence-electron chi connectivity index (χ0n) is 26.5. The maximum Gasteiger partial charge on any atom is 0.338 e. The Morgan fingerprint density at radius 3 is 2.48 bits per heavy atom. The fourth-order valence-corrected chi connectivity index (χ4v) is 6.95. The van der Waals surface area contributed by atoms with Crippen LogP contribution in [0.25, 0.3) is 11.8 Å². The molecule has 0 spiro atoms. The van der Waals surface area contributed by atoms with E-state index in [1.165, 1.54) is 11.3 Å². The molecule has 1 aliphatic heterocycles. The summed E-state index contributed by atoms with van der Waals surface area (Å²) in [6.45, 7) is 2.05. The van der Waals surface area contributed by atoms with Crippen LogP contribution in [0.4, 0.5) is 0 Å². The number of ether oxygens (including phenoxy) is 3. The van der Waals surface area contributed by atoms with Crippen molar-refractivity contribution in [2.75, 3.05) is 20.0 Å². The normalized spacial score (nSPS) is 14.1. The van der Waals surface area contributed by atoms with E-state index < -0.39 is 12.0 Å². The summed E-state index contributed by atoms with van der Waals surface area (Å²) in [7, 11) is 1.55. The van der Waals surface area contributed by atoms with Crippen LogP contribution in [0.3, 0.4) is 0 Å². The van der Waals surface area contributed by atoms with Crippen LogP contribution < -0.4 is 24.4 Å². The van der Waals surface area contributed by atoms with E-state index in [1.807, 2.05) is 85.1 Å². The first-order valence-corrected chi connectivity index (χ1v) is 17.2. The molecule has 10 heteroatoms. The SMILES string of the molecule is CCOC(=O)C1=C(c2ccccc2)N=c2s/c(=C\c3cccc(OC)c3OCc3ccccc3C#N)c(=O)n2[C@H]1c1ccc(SC)cc1. The molecule has 0 saturated carbocycles. The molecule has 0 amide bonds. The van der Waals surface area contributed by atoms with Crippen molar-refractivity contribution in [2.45, 2.75) is 24.5 Å². The van der Waals surface area contributed by atoms with E-state index in [0.717, 1.165) is 21.6 Å². The van der Waals surface area contributed by atoms with Gasteiger partial charge in [0.25, 0.3) is 5.56 Å². The van der Waals surface area contributed by atoms with Gasteiger partial charge in [-0.3, -0.25) is 9.36 Å². The van der Waals surface area contributed by atoms with Gasteiger partial charge in [-0.1, -0.05) is 84.1 Å². The molecule has 2 heterocycles. The second-order valence-electron chi connectivity index (χ2n) is 10.6. The summed E-state index contributed by atoms with van der Waals surface area (Å²) in [6.07, 6.45) is 3.75. The van der Waals surface area contributed by atoms with Gasteiger partial charge in [-0.2, -0.15) is 5.26 Å². The lowest BCUT2D eigenvalue weighted by molar-refractivity contribution is -0.138. The lowest BCUT2D eigenvalue weighted by Gasteiger charge is -2.26. The molecule has 6 rings (SSSR count). The van der Waals surface area contributed by atoms with E-state index in [0.29, 0.717) is 43.2 Å². The largest absolute Gasteiger partial charge is 0.493 e. The minimum atomic E-state index is -0.780. The van der Waals surface area contributed by atoms with Gasteiger partial charge in [0.05, 0.1) is 47.2 Å². The Labute approximate surface area is 285 Å². The first-order valence-electron chi connectivity index (χ1n) is 15.2. The number of thiazole rings is 1. The fourth-order valence-electron chi connectivity index (χ4n) is 5.55. The fraction of sp³-hybridized carbons (Fsp3) is 0.158. The van der Waals surface area contributed by atoms with Crippen molar-refractivity contribution in [1.29, 1.82) is 5.26 Å². The zero-order chi connectivity index (χ0) is 33.6. The molecule has 4 aromatic carbocycles. The number of para-hydroxylation sites is 1. The van der Waals surface area contributed by atoms with Gasteiger partial charge < -0.3 is 14.2 Å². The van der Waals surface area contributed by atoms with Gasteiger partial charge in [-0.15, -0.1) is 11.8 Å². The number of carbonyl (C=O) groups excluding carboxylic acids is 1. The van der Waals surface area contributed by atoms with E-state index in [1.54, 1.807) is 54.6 Å². The molecule has 0 fully saturated rings. The highest BCUT2D eigenvalue weighted by molar-refractivity contribution is 7.98. The number of aromatic nitrogens is 1. The van der Waals surface area contributed by atoms with Crippen molar-refractivity contribution in [2.24, 2.45) is 4.99 Å². The second-order valence-corrected chi connectivity index (χ2v) is 12.5. The third-order valence-corrected chi connectivity index (χ3v) is 9.56. The number of rotatable bonds is 10. The third-order valence-electron chi connectivity index (χ3n) is 7.83. The van der Waals surface area contributed by atoms with Crippen LogP contribution in [0, 0.1) is 11.3 Å². The van der Waals surface area contributed by atoms with Crippen LogP contribution >= 0.6 is 23.1 Å². The number of methoxy groups -OCH3 is 1. The molecule has 0 N–H and O–H groups in total. The topological polar surface area (TPSA) is 103 Å². The molecule has 240 valence electrons. The third kappa shape index (κ3) is 6.43. The summed E-state index contributed by atoms with van der Waals surface area (Å²) in [5, 5.41) is 9.57. The number of hydrogen-bond donors (Lipinski definition) is 0. The summed E-state index contributed by atoms with van der Waals surface area (Å²) >= 11 is 2.84. The van der Waals surface area contributed by atoms with Gasteiger partial charge in [0, 0.05) is 21.6 Å². The Hall–Kier alpha value is -5.37. The van der Waals surface area contributed by atoms with Crippen LogP contribution in [0.5, 0.6) is 11.5 Å². The van der Waals surface area contributed by atoms with Crippen molar-refractivity contribution < 1.29 is 19.0 Å². The van der Waals surface area contributed by atoms with Gasteiger partial charge in [0.15, 0.2) is 16.3 Å². The van der Waals surface area contributed by atoms with Gasteiger partial charge in [-0.05, 0) is 49.1 Å². The standard InChI is InChI=1S/C38H31N3O5S2/c1-4-45-37(43)32-33(24-11-6-5-7-12-24)40-38-41(34(32)25-17-19-29(47-3)20-18-25)36(42)31(48-38)21-26-15-10-16-30(44-2)35(26)46-23-28-14-9-8-13-27(28)22-39/h5-21,34H,4,23H2,1-3H3/b31-21-/t34-/m0/s1. The van der Waals surface area contributed by atoms with E-state index in [-0.39, 0.29) is 18.8 Å². The molecule has 0 radical (unpaired) electrons. The van der Waals surface area contributed by atoms with Crippen LogP contribution in [-0.2, 0) is 16.1 Å². The average Bonchev–Trinajstić information content (AvgIpc) is 3.44. The molecule has 0 saturated heterocycles. The van der Waals surface area contributed by atoms with Crippen molar-refractivity contribution >= 4 is 40.8 Å². The molecule has 1 atom stereocenters. The summed E-state index contributed by atoms with van der Waals surface area (Å²) in [5.74, 6) is 0.378. The lowest BCUT2D eigenvalue weighted by Crippen LogP contribution is -2.40. The van der Waals surface area contributed by atoms with Gasteiger partial charge in [-0.25, -0.2) is 9.79 Å². The highest BCUT2D eigenvalue weighted by Crippen LogP contribution is 2.36. The molecular formula is C38H31N3O5S2. The lowest BCUT2D eigenvalue weighted by atomic mass is 9.93. The molecule has 8 nitrogen and oxygen atoms in total. The molecule has 0 bridgehead atoms. The van der Waals surface area contributed by atoms with Gasteiger partial charge in [0.2, 0.25) is 0 Å². The molecule has 0 aliphatic carbocycles.